The SMILES string of the molecule is Cc1c(C(=O)NCc2ccc(Cl)c(Cl)c2)sc(=O)n1Cc1ccc(C(=O)N(C)C)cc1. The van der Waals surface area contributed by atoms with Crippen LogP contribution in [0.2, 0.25) is 10.0 Å². The van der Waals surface area contributed by atoms with Crippen molar-refractivity contribution in [1.29, 1.82) is 0 Å². The molecule has 31 heavy (non-hydrogen) atoms. The van der Waals surface area contributed by atoms with Gasteiger partial charge in [0.25, 0.3) is 11.8 Å². The molecule has 0 atom stereocenters. The number of carbonyl (C=O) groups excluding carboxylic acids is 2. The van der Waals surface area contributed by atoms with Crippen LogP contribution in [0.25, 0.3) is 0 Å². The Kier molecular flexibility index (Phi) is 7.20. The van der Waals surface area contributed by atoms with Gasteiger partial charge in [-0.2, -0.15) is 0 Å². The van der Waals surface area contributed by atoms with E-state index in [0.717, 1.165) is 22.5 Å². The number of hydrogen-bond donors (Lipinski definition) is 1. The summed E-state index contributed by atoms with van der Waals surface area (Å²) in [5, 5.41) is 3.67. The highest BCUT2D eigenvalue weighted by atomic mass is 35.5. The zero-order valence-corrected chi connectivity index (χ0v) is 19.6. The fourth-order valence-electron chi connectivity index (χ4n) is 2.98. The molecule has 0 unspecified atom stereocenters. The van der Waals surface area contributed by atoms with Crippen molar-refractivity contribution in [3.63, 3.8) is 0 Å². The summed E-state index contributed by atoms with van der Waals surface area (Å²) in [5.41, 5.74) is 2.83. The predicted molar refractivity (Wildman–Crippen MR) is 125 cm³/mol. The molecule has 1 heterocycles. The molecule has 0 radical (unpaired) electrons. The molecule has 162 valence electrons. The Hall–Kier alpha value is -2.61. The molecule has 3 rings (SSSR count). The molecule has 0 spiro atoms. The third-order valence-electron chi connectivity index (χ3n) is 4.73. The van der Waals surface area contributed by atoms with E-state index in [2.05, 4.69) is 5.32 Å². The number of hydrogen-bond acceptors (Lipinski definition) is 4. The molecule has 0 aliphatic heterocycles. The van der Waals surface area contributed by atoms with Crippen LogP contribution in [-0.4, -0.2) is 35.4 Å². The van der Waals surface area contributed by atoms with Crippen molar-refractivity contribution >= 4 is 46.4 Å². The van der Waals surface area contributed by atoms with Crippen LogP contribution in [0.1, 0.15) is 36.9 Å². The molecule has 0 aliphatic rings. The minimum atomic E-state index is -0.323. The van der Waals surface area contributed by atoms with Gasteiger partial charge in [0, 0.05) is 31.9 Å². The molecular weight excluding hydrogens is 457 g/mol. The van der Waals surface area contributed by atoms with Crippen molar-refractivity contribution in [3.8, 4) is 0 Å². The molecule has 0 saturated carbocycles. The number of carbonyl (C=O) groups is 2. The lowest BCUT2D eigenvalue weighted by atomic mass is 10.1. The summed E-state index contributed by atoms with van der Waals surface area (Å²) < 4.78 is 1.56. The lowest BCUT2D eigenvalue weighted by Gasteiger charge is -2.11. The molecule has 0 fully saturated rings. The second-order valence-corrected chi connectivity index (χ2v) is 8.97. The number of nitrogens with one attached hydrogen (secondary N) is 1. The second kappa shape index (κ2) is 9.68. The normalized spacial score (nSPS) is 10.7. The number of halogens is 2. The Labute approximate surface area is 194 Å². The van der Waals surface area contributed by atoms with Crippen molar-refractivity contribution in [2.45, 2.75) is 20.0 Å². The summed E-state index contributed by atoms with van der Waals surface area (Å²) in [6, 6.07) is 12.2. The van der Waals surface area contributed by atoms with Gasteiger partial charge in [-0.1, -0.05) is 52.7 Å². The quantitative estimate of drug-likeness (QED) is 0.577. The lowest BCUT2D eigenvalue weighted by Crippen LogP contribution is -2.23. The summed E-state index contributed by atoms with van der Waals surface area (Å²) in [7, 11) is 3.39. The van der Waals surface area contributed by atoms with E-state index in [9.17, 15) is 14.4 Å². The first-order valence-electron chi connectivity index (χ1n) is 9.40. The third kappa shape index (κ3) is 5.36. The first-order chi connectivity index (χ1) is 14.7. The van der Waals surface area contributed by atoms with E-state index in [-0.39, 0.29) is 23.2 Å². The van der Waals surface area contributed by atoms with E-state index >= 15 is 0 Å². The molecular formula is C22H21Cl2N3O3S. The Balaban J connectivity index is 1.72. The zero-order valence-electron chi connectivity index (χ0n) is 17.2. The Bertz CT molecular complexity index is 1180. The fourth-order valence-corrected chi connectivity index (χ4v) is 4.21. The van der Waals surface area contributed by atoms with Crippen LogP contribution < -0.4 is 10.2 Å². The maximum atomic E-state index is 12.6. The van der Waals surface area contributed by atoms with Crippen molar-refractivity contribution in [2.75, 3.05) is 14.1 Å². The smallest absolute Gasteiger partial charge is 0.308 e. The average Bonchev–Trinajstić information content (AvgIpc) is 3.02. The molecule has 0 saturated heterocycles. The van der Waals surface area contributed by atoms with Gasteiger partial charge in [-0.3, -0.25) is 19.0 Å². The summed E-state index contributed by atoms with van der Waals surface area (Å²) in [5.74, 6) is -0.410. The maximum absolute atomic E-state index is 12.6. The van der Waals surface area contributed by atoms with Crippen molar-refractivity contribution in [2.24, 2.45) is 0 Å². The zero-order chi connectivity index (χ0) is 22.7. The number of thiazole rings is 1. The molecule has 2 amide bonds. The monoisotopic (exact) mass is 477 g/mol. The highest BCUT2D eigenvalue weighted by molar-refractivity contribution is 7.11. The van der Waals surface area contributed by atoms with Gasteiger partial charge in [0.05, 0.1) is 16.6 Å². The van der Waals surface area contributed by atoms with E-state index in [1.54, 1.807) is 55.9 Å². The van der Waals surface area contributed by atoms with Gasteiger partial charge in [0.1, 0.15) is 4.88 Å². The van der Waals surface area contributed by atoms with Crippen LogP contribution in [0, 0.1) is 6.92 Å². The first kappa shape index (κ1) is 23.1. The minimum Gasteiger partial charge on any atom is -0.347 e. The van der Waals surface area contributed by atoms with Crippen LogP contribution in [-0.2, 0) is 13.1 Å². The Morgan fingerprint density at radius 3 is 2.29 bits per heavy atom. The van der Waals surface area contributed by atoms with Gasteiger partial charge in [0.15, 0.2) is 0 Å². The minimum absolute atomic E-state index is 0.0867. The molecule has 1 aromatic heterocycles. The molecule has 3 aromatic rings. The van der Waals surface area contributed by atoms with Crippen LogP contribution in [0.3, 0.4) is 0 Å². The number of aromatic nitrogens is 1. The average molecular weight is 478 g/mol. The Morgan fingerprint density at radius 1 is 1.03 bits per heavy atom. The van der Waals surface area contributed by atoms with Gasteiger partial charge in [0.2, 0.25) is 0 Å². The van der Waals surface area contributed by atoms with E-state index in [4.69, 9.17) is 23.2 Å². The van der Waals surface area contributed by atoms with Crippen molar-refractivity contribution in [3.05, 3.63) is 89.4 Å². The molecule has 0 aliphatic carbocycles. The Morgan fingerprint density at radius 2 is 1.68 bits per heavy atom. The number of rotatable bonds is 6. The van der Waals surface area contributed by atoms with Gasteiger partial charge in [-0.15, -0.1) is 0 Å². The highest BCUT2D eigenvalue weighted by Gasteiger charge is 2.18. The fraction of sp³-hybridized carbons (Fsp3) is 0.227. The van der Waals surface area contributed by atoms with Crippen LogP contribution in [0.4, 0.5) is 0 Å². The first-order valence-corrected chi connectivity index (χ1v) is 11.0. The van der Waals surface area contributed by atoms with Gasteiger partial charge >= 0.3 is 4.87 Å². The molecule has 6 nitrogen and oxygen atoms in total. The van der Waals surface area contributed by atoms with E-state index in [1.165, 1.54) is 4.90 Å². The molecule has 9 heteroatoms. The second-order valence-electron chi connectivity index (χ2n) is 7.20. The van der Waals surface area contributed by atoms with Gasteiger partial charge < -0.3 is 10.2 Å². The highest BCUT2D eigenvalue weighted by Crippen LogP contribution is 2.22. The largest absolute Gasteiger partial charge is 0.347 e. The van der Waals surface area contributed by atoms with Crippen molar-refractivity contribution in [1.82, 2.24) is 14.8 Å². The number of nitrogens with zero attached hydrogens (tertiary/aromatic N) is 2. The summed E-state index contributed by atoms with van der Waals surface area (Å²) >= 11 is 12.8. The standard InChI is InChI=1S/C22H21Cl2N3O3S/c1-13-19(20(28)25-11-15-6-9-17(23)18(24)10-15)31-22(30)27(13)12-14-4-7-16(8-5-14)21(29)26(2)3/h4-10H,11-12H2,1-3H3,(H,25,28). The van der Waals surface area contributed by atoms with Crippen LogP contribution in [0.5, 0.6) is 0 Å². The van der Waals surface area contributed by atoms with Gasteiger partial charge in [-0.05, 0) is 42.3 Å². The molecule has 0 bridgehead atoms. The van der Waals surface area contributed by atoms with Crippen LogP contribution in [0.15, 0.2) is 47.3 Å². The lowest BCUT2D eigenvalue weighted by molar-refractivity contribution is 0.0827. The maximum Gasteiger partial charge on any atom is 0.308 e. The summed E-state index contributed by atoms with van der Waals surface area (Å²) in [4.78, 5) is 38.8. The summed E-state index contributed by atoms with van der Waals surface area (Å²) in [6.07, 6.45) is 0. The van der Waals surface area contributed by atoms with E-state index in [0.29, 0.717) is 32.7 Å². The van der Waals surface area contributed by atoms with Gasteiger partial charge in [-0.25, -0.2) is 0 Å². The topological polar surface area (TPSA) is 71.4 Å². The predicted octanol–water partition coefficient (Wildman–Crippen LogP) is 4.21. The molecule has 1 N–H and O–H groups in total. The third-order valence-corrected chi connectivity index (χ3v) is 6.55. The van der Waals surface area contributed by atoms with E-state index in [1.807, 2.05) is 12.1 Å². The summed E-state index contributed by atoms with van der Waals surface area (Å²) in [6.45, 7) is 2.33. The number of benzene rings is 2. The number of amides is 2. The van der Waals surface area contributed by atoms with Crippen molar-refractivity contribution < 1.29 is 9.59 Å². The van der Waals surface area contributed by atoms with E-state index < -0.39 is 0 Å². The van der Waals surface area contributed by atoms with Crippen LogP contribution >= 0.6 is 34.5 Å². The molecule has 2 aromatic carbocycles.